The van der Waals surface area contributed by atoms with Crippen molar-refractivity contribution >= 4 is 40.1 Å². The van der Waals surface area contributed by atoms with Crippen LogP contribution in [0.2, 0.25) is 5.02 Å². The third-order valence-corrected chi connectivity index (χ3v) is 4.89. The normalized spacial score (nSPS) is 16.3. The summed E-state index contributed by atoms with van der Waals surface area (Å²) in [5.41, 5.74) is 3.09. The number of carbonyl (C=O) groups is 1. The molecule has 1 aliphatic rings. The highest BCUT2D eigenvalue weighted by molar-refractivity contribution is 8.15. The molecule has 2 aromatic rings. The molecule has 0 atom stereocenters. The van der Waals surface area contributed by atoms with Crippen molar-refractivity contribution in [3.05, 3.63) is 64.7 Å². The summed E-state index contributed by atoms with van der Waals surface area (Å²) < 4.78 is 0. The Labute approximate surface area is 145 Å². The van der Waals surface area contributed by atoms with Gasteiger partial charge in [-0.1, -0.05) is 53.7 Å². The predicted octanol–water partition coefficient (Wildman–Crippen LogP) is 4.45. The van der Waals surface area contributed by atoms with Gasteiger partial charge in [0.1, 0.15) is 0 Å². The molecule has 0 saturated carbocycles. The van der Waals surface area contributed by atoms with E-state index in [1.165, 1.54) is 17.3 Å². The molecular formula is C18H17ClN2OS. The monoisotopic (exact) mass is 344 g/mol. The van der Waals surface area contributed by atoms with E-state index < -0.39 is 0 Å². The van der Waals surface area contributed by atoms with Crippen LogP contribution in [0.5, 0.6) is 0 Å². The van der Waals surface area contributed by atoms with Crippen molar-refractivity contribution in [2.24, 2.45) is 4.99 Å². The van der Waals surface area contributed by atoms with Gasteiger partial charge in [-0.05, 0) is 42.7 Å². The Balaban J connectivity index is 1.77. The molecule has 0 aliphatic carbocycles. The van der Waals surface area contributed by atoms with Crippen LogP contribution in [0.3, 0.4) is 0 Å². The highest BCUT2D eigenvalue weighted by Crippen LogP contribution is 2.27. The molecule has 1 saturated heterocycles. The molecule has 1 aliphatic heterocycles. The van der Waals surface area contributed by atoms with Gasteiger partial charge in [0.2, 0.25) is 5.91 Å². The minimum atomic E-state index is 0.122. The standard InChI is InChI=1S/C18H17ClN2OS/c1-13-11-15(19)7-8-16(13)20-18-21(17(22)12-23-18)10-9-14-5-3-2-4-6-14/h2-8,11H,9-10,12H2,1H3. The van der Waals surface area contributed by atoms with E-state index in [0.29, 0.717) is 17.3 Å². The summed E-state index contributed by atoms with van der Waals surface area (Å²) in [4.78, 5) is 18.6. The first kappa shape index (κ1) is 16.1. The number of thioether (sulfide) groups is 1. The second kappa shape index (κ2) is 7.20. The van der Waals surface area contributed by atoms with Crippen LogP contribution >= 0.6 is 23.4 Å². The lowest BCUT2D eigenvalue weighted by molar-refractivity contribution is -0.124. The summed E-state index contributed by atoms with van der Waals surface area (Å²) in [6.45, 7) is 2.63. The van der Waals surface area contributed by atoms with Crippen molar-refractivity contribution in [1.29, 1.82) is 0 Å². The van der Waals surface area contributed by atoms with Gasteiger partial charge in [0.05, 0.1) is 11.4 Å². The van der Waals surface area contributed by atoms with Crippen molar-refractivity contribution in [2.45, 2.75) is 13.3 Å². The van der Waals surface area contributed by atoms with Gasteiger partial charge >= 0.3 is 0 Å². The summed E-state index contributed by atoms with van der Waals surface area (Å²) in [5.74, 6) is 0.580. The lowest BCUT2D eigenvalue weighted by Gasteiger charge is -2.16. The number of amidine groups is 1. The molecule has 0 radical (unpaired) electrons. The summed E-state index contributed by atoms with van der Waals surface area (Å²) in [5, 5.41) is 1.47. The third kappa shape index (κ3) is 3.95. The van der Waals surface area contributed by atoms with Gasteiger partial charge in [0, 0.05) is 11.6 Å². The fourth-order valence-corrected chi connectivity index (χ4v) is 3.58. The topological polar surface area (TPSA) is 32.7 Å². The van der Waals surface area contributed by atoms with E-state index in [-0.39, 0.29) is 5.91 Å². The zero-order valence-corrected chi connectivity index (χ0v) is 14.4. The Hall–Kier alpha value is -1.78. The van der Waals surface area contributed by atoms with E-state index >= 15 is 0 Å². The number of amides is 1. The lowest BCUT2D eigenvalue weighted by Crippen LogP contribution is -2.31. The number of halogens is 1. The van der Waals surface area contributed by atoms with Crippen molar-refractivity contribution < 1.29 is 4.79 Å². The van der Waals surface area contributed by atoms with Gasteiger partial charge in [0.25, 0.3) is 0 Å². The Bertz CT molecular complexity index is 746. The van der Waals surface area contributed by atoms with Crippen molar-refractivity contribution in [1.82, 2.24) is 4.90 Å². The largest absolute Gasteiger partial charge is 0.290 e. The van der Waals surface area contributed by atoms with Crippen LogP contribution in [0, 0.1) is 6.92 Å². The van der Waals surface area contributed by atoms with Crippen LogP contribution in [0.1, 0.15) is 11.1 Å². The number of benzene rings is 2. The molecule has 0 aromatic heterocycles. The van der Waals surface area contributed by atoms with Gasteiger partial charge in [0.15, 0.2) is 5.17 Å². The van der Waals surface area contributed by atoms with E-state index in [0.717, 1.165) is 22.8 Å². The summed E-state index contributed by atoms with van der Waals surface area (Å²) in [7, 11) is 0. The number of aliphatic imine (C=N–C) groups is 1. The quantitative estimate of drug-likeness (QED) is 0.820. The molecule has 0 spiro atoms. The Morgan fingerprint density at radius 3 is 2.74 bits per heavy atom. The average Bonchev–Trinajstić information content (AvgIpc) is 2.89. The number of nitrogens with zero attached hydrogens (tertiary/aromatic N) is 2. The van der Waals surface area contributed by atoms with Crippen LogP contribution in [0.15, 0.2) is 53.5 Å². The molecule has 3 rings (SSSR count). The van der Waals surface area contributed by atoms with Gasteiger partial charge < -0.3 is 0 Å². The van der Waals surface area contributed by atoms with Crippen molar-refractivity contribution in [3.8, 4) is 0 Å². The van der Waals surface area contributed by atoms with E-state index in [1.54, 1.807) is 4.90 Å². The molecule has 0 bridgehead atoms. The number of hydrogen-bond acceptors (Lipinski definition) is 3. The number of aryl methyl sites for hydroxylation is 1. The predicted molar refractivity (Wildman–Crippen MR) is 97.6 cm³/mol. The van der Waals surface area contributed by atoms with Crippen LogP contribution in [0.25, 0.3) is 0 Å². The molecule has 1 fully saturated rings. The number of carbonyl (C=O) groups excluding carboxylic acids is 1. The maximum absolute atomic E-state index is 12.1. The second-order valence-corrected chi connectivity index (χ2v) is 6.77. The van der Waals surface area contributed by atoms with Crippen LogP contribution in [-0.2, 0) is 11.2 Å². The molecule has 0 N–H and O–H groups in total. The number of hydrogen-bond donors (Lipinski definition) is 0. The van der Waals surface area contributed by atoms with Gasteiger partial charge in [-0.15, -0.1) is 0 Å². The summed E-state index contributed by atoms with van der Waals surface area (Å²) >= 11 is 7.48. The smallest absolute Gasteiger partial charge is 0.239 e. The van der Waals surface area contributed by atoms with Crippen LogP contribution < -0.4 is 0 Å². The van der Waals surface area contributed by atoms with E-state index in [2.05, 4.69) is 17.1 Å². The Morgan fingerprint density at radius 1 is 1.22 bits per heavy atom. The Kier molecular flexibility index (Phi) is 5.03. The highest BCUT2D eigenvalue weighted by atomic mass is 35.5. The SMILES string of the molecule is Cc1cc(Cl)ccc1N=C1SCC(=O)N1CCc1ccccc1. The first-order valence-electron chi connectivity index (χ1n) is 7.45. The summed E-state index contributed by atoms with van der Waals surface area (Å²) in [6, 6.07) is 15.8. The fourth-order valence-electron chi connectivity index (χ4n) is 2.43. The molecule has 3 nitrogen and oxygen atoms in total. The molecule has 23 heavy (non-hydrogen) atoms. The molecule has 1 heterocycles. The minimum absolute atomic E-state index is 0.122. The second-order valence-electron chi connectivity index (χ2n) is 5.39. The molecule has 2 aromatic carbocycles. The van der Waals surface area contributed by atoms with Gasteiger partial charge in [-0.2, -0.15) is 0 Å². The van der Waals surface area contributed by atoms with Crippen LogP contribution in [0.4, 0.5) is 5.69 Å². The number of rotatable bonds is 4. The van der Waals surface area contributed by atoms with E-state index in [4.69, 9.17) is 11.6 Å². The average molecular weight is 345 g/mol. The molecule has 1 amide bonds. The first-order chi connectivity index (χ1) is 11.1. The molecule has 0 unspecified atom stereocenters. The fraction of sp³-hybridized carbons (Fsp3) is 0.222. The zero-order chi connectivity index (χ0) is 16.2. The van der Waals surface area contributed by atoms with Gasteiger partial charge in [-0.3, -0.25) is 9.69 Å². The lowest BCUT2D eigenvalue weighted by atomic mass is 10.1. The maximum atomic E-state index is 12.1. The molecule has 118 valence electrons. The minimum Gasteiger partial charge on any atom is -0.290 e. The summed E-state index contributed by atoms with van der Waals surface area (Å²) in [6.07, 6.45) is 0.825. The first-order valence-corrected chi connectivity index (χ1v) is 8.82. The zero-order valence-electron chi connectivity index (χ0n) is 12.8. The van der Waals surface area contributed by atoms with E-state index in [9.17, 15) is 4.79 Å². The van der Waals surface area contributed by atoms with Gasteiger partial charge in [-0.25, -0.2) is 4.99 Å². The maximum Gasteiger partial charge on any atom is 0.239 e. The molecular weight excluding hydrogens is 328 g/mol. The third-order valence-electron chi connectivity index (χ3n) is 3.70. The van der Waals surface area contributed by atoms with Crippen LogP contribution in [-0.4, -0.2) is 28.3 Å². The molecule has 5 heteroatoms. The van der Waals surface area contributed by atoms with Crippen molar-refractivity contribution in [2.75, 3.05) is 12.3 Å². The Morgan fingerprint density at radius 2 is 2.00 bits per heavy atom. The van der Waals surface area contributed by atoms with E-state index in [1.807, 2.05) is 43.3 Å². The van der Waals surface area contributed by atoms with Crippen molar-refractivity contribution in [3.63, 3.8) is 0 Å². The highest BCUT2D eigenvalue weighted by Gasteiger charge is 2.27.